The number of hydrogen-bond donors (Lipinski definition) is 1. The summed E-state index contributed by atoms with van der Waals surface area (Å²) < 4.78 is 1.36. The Morgan fingerprint density at radius 1 is 1.39 bits per heavy atom. The minimum Gasteiger partial charge on any atom is -0.297 e. The molecule has 0 radical (unpaired) electrons. The number of nitrogens with zero attached hydrogens (tertiary/aromatic N) is 1. The van der Waals surface area contributed by atoms with Gasteiger partial charge in [-0.05, 0) is 25.7 Å². The summed E-state index contributed by atoms with van der Waals surface area (Å²) in [5.74, 6) is 0.617. The topological polar surface area (TPSA) is 54.9 Å². The number of nitrogens with one attached hydrogen (secondary N) is 1. The van der Waals surface area contributed by atoms with Gasteiger partial charge in [0, 0.05) is 11.6 Å². The van der Waals surface area contributed by atoms with Crippen molar-refractivity contribution in [3.8, 4) is 0 Å². The van der Waals surface area contributed by atoms with Crippen LogP contribution in [0.3, 0.4) is 0 Å². The van der Waals surface area contributed by atoms with Gasteiger partial charge in [0.15, 0.2) is 0 Å². The number of halogens is 1. The molecule has 1 N–H and O–H groups in total. The summed E-state index contributed by atoms with van der Waals surface area (Å²) in [6.07, 6.45) is 5.21. The Kier molecular flexibility index (Phi) is 3.95. The zero-order chi connectivity index (χ0) is 13.3. The minimum absolute atomic E-state index is 0.0240. The first-order valence-electron chi connectivity index (χ1n) is 6.55. The fraction of sp³-hybridized carbons (Fsp3) is 0.692. The molecule has 4 nitrogen and oxygen atoms in total. The quantitative estimate of drug-likeness (QED) is 0.840. The molecule has 0 bridgehead atoms. The number of hydrogen-bond acceptors (Lipinski definition) is 2. The van der Waals surface area contributed by atoms with Crippen LogP contribution >= 0.6 is 11.6 Å². The first kappa shape index (κ1) is 13.4. The zero-order valence-corrected chi connectivity index (χ0v) is 11.6. The Hall–Kier alpha value is -1.03. The molecular formula is C13H19ClN2O2. The van der Waals surface area contributed by atoms with Crippen molar-refractivity contribution >= 4 is 11.6 Å². The van der Waals surface area contributed by atoms with Gasteiger partial charge in [0.25, 0.3) is 5.56 Å². The molecule has 0 aromatic carbocycles. The molecule has 0 saturated heterocycles. The van der Waals surface area contributed by atoms with Crippen molar-refractivity contribution in [3.05, 3.63) is 31.6 Å². The molecule has 0 aliphatic heterocycles. The monoisotopic (exact) mass is 270 g/mol. The molecule has 1 heterocycles. The summed E-state index contributed by atoms with van der Waals surface area (Å²) in [6.45, 7) is 3.81. The molecule has 18 heavy (non-hydrogen) atoms. The molecule has 1 aliphatic rings. The molecular weight excluding hydrogens is 252 g/mol. The maximum absolute atomic E-state index is 12.2. The number of rotatable bonds is 2. The minimum atomic E-state index is -0.377. The lowest BCUT2D eigenvalue weighted by atomic mass is 9.84. The van der Waals surface area contributed by atoms with Gasteiger partial charge >= 0.3 is 5.69 Å². The highest BCUT2D eigenvalue weighted by Gasteiger charge is 2.25. The smallest absolute Gasteiger partial charge is 0.297 e. The van der Waals surface area contributed by atoms with E-state index in [-0.39, 0.29) is 22.4 Å². The lowest BCUT2D eigenvalue weighted by molar-refractivity contribution is 0.251. The zero-order valence-electron chi connectivity index (χ0n) is 10.8. The summed E-state index contributed by atoms with van der Waals surface area (Å²) in [4.78, 5) is 26.6. The number of aromatic nitrogens is 2. The Balaban J connectivity index is 2.42. The van der Waals surface area contributed by atoms with Gasteiger partial charge in [-0.2, -0.15) is 0 Å². The van der Waals surface area contributed by atoms with Crippen molar-refractivity contribution in [1.82, 2.24) is 9.55 Å². The van der Waals surface area contributed by atoms with Crippen LogP contribution in [0.5, 0.6) is 0 Å². The van der Waals surface area contributed by atoms with E-state index in [0.29, 0.717) is 11.5 Å². The highest BCUT2D eigenvalue weighted by atomic mass is 35.5. The summed E-state index contributed by atoms with van der Waals surface area (Å²) in [5.41, 5.74) is -0.197. The normalized spacial score (nSPS) is 24.2. The van der Waals surface area contributed by atoms with Gasteiger partial charge in [0.2, 0.25) is 0 Å². The van der Waals surface area contributed by atoms with E-state index in [1.54, 1.807) is 6.92 Å². The van der Waals surface area contributed by atoms with E-state index in [1.165, 1.54) is 11.0 Å². The van der Waals surface area contributed by atoms with E-state index in [9.17, 15) is 9.59 Å². The van der Waals surface area contributed by atoms with Gasteiger partial charge < -0.3 is 0 Å². The molecule has 1 saturated carbocycles. The summed E-state index contributed by atoms with van der Waals surface area (Å²) in [6, 6.07) is 0.0240. The van der Waals surface area contributed by atoms with Crippen LogP contribution in [0.25, 0.3) is 0 Å². The van der Waals surface area contributed by atoms with Gasteiger partial charge in [-0.3, -0.25) is 14.3 Å². The van der Waals surface area contributed by atoms with E-state index in [4.69, 9.17) is 11.6 Å². The van der Waals surface area contributed by atoms with Gasteiger partial charge in [-0.25, -0.2) is 4.79 Å². The summed E-state index contributed by atoms with van der Waals surface area (Å²) >= 11 is 5.82. The Labute approximate surface area is 111 Å². The maximum Gasteiger partial charge on any atom is 0.329 e. The summed E-state index contributed by atoms with van der Waals surface area (Å²) in [5, 5.41) is 0.157. The highest BCUT2D eigenvalue weighted by molar-refractivity contribution is 6.30. The lowest BCUT2D eigenvalue weighted by Crippen LogP contribution is -2.40. The van der Waals surface area contributed by atoms with Crippen molar-refractivity contribution < 1.29 is 0 Å². The molecule has 2 unspecified atom stereocenters. The van der Waals surface area contributed by atoms with Crippen LogP contribution in [0, 0.1) is 12.8 Å². The summed E-state index contributed by atoms with van der Waals surface area (Å²) in [7, 11) is 0. The second-order valence-electron chi connectivity index (χ2n) is 5.14. The predicted molar refractivity (Wildman–Crippen MR) is 72.4 cm³/mol. The third-order valence-electron chi connectivity index (χ3n) is 4.00. The van der Waals surface area contributed by atoms with E-state index in [0.717, 1.165) is 25.7 Å². The predicted octanol–water partition coefficient (Wildman–Crippen LogP) is 2.64. The van der Waals surface area contributed by atoms with E-state index in [2.05, 4.69) is 11.9 Å². The van der Waals surface area contributed by atoms with Gasteiger partial charge in [0.1, 0.15) is 5.15 Å². The van der Waals surface area contributed by atoms with Crippen LogP contribution in [0.1, 0.15) is 50.6 Å². The maximum atomic E-state index is 12.2. The van der Waals surface area contributed by atoms with E-state index >= 15 is 0 Å². The molecule has 1 aromatic heterocycles. The molecule has 1 aliphatic carbocycles. The third-order valence-corrected chi connectivity index (χ3v) is 4.38. The van der Waals surface area contributed by atoms with Gasteiger partial charge in [-0.1, -0.05) is 37.8 Å². The molecule has 100 valence electrons. The van der Waals surface area contributed by atoms with Crippen LogP contribution in [0.4, 0.5) is 0 Å². The second-order valence-corrected chi connectivity index (χ2v) is 5.52. The van der Waals surface area contributed by atoms with E-state index < -0.39 is 0 Å². The van der Waals surface area contributed by atoms with Crippen molar-refractivity contribution in [1.29, 1.82) is 0 Å². The molecule has 0 amide bonds. The molecule has 5 heteroatoms. The van der Waals surface area contributed by atoms with Crippen molar-refractivity contribution in [2.45, 2.75) is 52.0 Å². The van der Waals surface area contributed by atoms with Crippen LogP contribution in [0.2, 0.25) is 5.15 Å². The standard InChI is InChI=1S/C13H19ClN2O2/c1-3-9-5-4-6-10(7-9)16-12(17)8(2)11(14)15-13(16)18/h9-10H,3-7H2,1-2H3,(H,15,18). The first-order chi connectivity index (χ1) is 8.54. The fourth-order valence-electron chi connectivity index (χ4n) is 2.81. The van der Waals surface area contributed by atoms with Crippen LogP contribution in [0.15, 0.2) is 9.59 Å². The Morgan fingerprint density at radius 2 is 2.11 bits per heavy atom. The highest BCUT2D eigenvalue weighted by Crippen LogP contribution is 2.32. The molecule has 2 atom stereocenters. The van der Waals surface area contributed by atoms with Crippen LogP contribution in [-0.4, -0.2) is 9.55 Å². The fourth-order valence-corrected chi connectivity index (χ4v) is 2.98. The van der Waals surface area contributed by atoms with Crippen molar-refractivity contribution in [3.63, 3.8) is 0 Å². The average Bonchev–Trinajstić information content (AvgIpc) is 2.36. The SMILES string of the molecule is CCC1CCCC(n2c(=O)[nH]c(Cl)c(C)c2=O)C1. The average molecular weight is 271 g/mol. The lowest BCUT2D eigenvalue weighted by Gasteiger charge is -2.29. The van der Waals surface area contributed by atoms with Crippen molar-refractivity contribution in [2.75, 3.05) is 0 Å². The molecule has 2 rings (SSSR count). The van der Waals surface area contributed by atoms with Gasteiger partial charge in [0.05, 0.1) is 0 Å². The van der Waals surface area contributed by atoms with Crippen LogP contribution < -0.4 is 11.2 Å². The number of aromatic amines is 1. The van der Waals surface area contributed by atoms with Crippen LogP contribution in [-0.2, 0) is 0 Å². The van der Waals surface area contributed by atoms with Crippen molar-refractivity contribution in [2.24, 2.45) is 5.92 Å². The largest absolute Gasteiger partial charge is 0.329 e. The Bertz CT molecular complexity index is 547. The third kappa shape index (κ3) is 2.39. The molecule has 1 aromatic rings. The Morgan fingerprint density at radius 3 is 2.78 bits per heavy atom. The second kappa shape index (κ2) is 5.31. The molecule has 0 spiro atoms. The number of H-pyrrole nitrogens is 1. The van der Waals surface area contributed by atoms with Gasteiger partial charge in [-0.15, -0.1) is 0 Å². The molecule has 1 fully saturated rings. The first-order valence-corrected chi connectivity index (χ1v) is 6.93. The van der Waals surface area contributed by atoms with E-state index in [1.807, 2.05) is 0 Å².